The number of benzene rings is 1. The SMILES string of the molecule is O=C(NC1CCCC1)c1ccccc1SCC(=O)N1CCCC1. The van der Waals surface area contributed by atoms with Crippen LogP contribution >= 0.6 is 11.8 Å². The van der Waals surface area contributed by atoms with E-state index in [9.17, 15) is 9.59 Å². The molecule has 0 bridgehead atoms. The van der Waals surface area contributed by atoms with Crippen LogP contribution in [-0.2, 0) is 4.79 Å². The summed E-state index contributed by atoms with van der Waals surface area (Å²) in [6.07, 6.45) is 6.77. The van der Waals surface area contributed by atoms with E-state index in [2.05, 4.69) is 5.32 Å². The normalized spacial score (nSPS) is 18.3. The van der Waals surface area contributed by atoms with Crippen LogP contribution in [0.3, 0.4) is 0 Å². The summed E-state index contributed by atoms with van der Waals surface area (Å²) in [7, 11) is 0. The number of thioether (sulfide) groups is 1. The standard InChI is InChI=1S/C18H24N2O2S/c21-17(20-11-5-6-12-20)13-23-16-10-4-3-9-15(16)18(22)19-14-7-1-2-8-14/h3-4,9-10,14H,1-2,5-8,11-13H2,(H,19,22). The summed E-state index contributed by atoms with van der Waals surface area (Å²) < 4.78 is 0. The van der Waals surface area contributed by atoms with E-state index in [-0.39, 0.29) is 11.8 Å². The molecule has 0 radical (unpaired) electrons. The zero-order chi connectivity index (χ0) is 16.1. The highest BCUT2D eigenvalue weighted by Crippen LogP contribution is 2.25. The van der Waals surface area contributed by atoms with Crippen LogP contribution in [0.4, 0.5) is 0 Å². The topological polar surface area (TPSA) is 49.4 Å². The van der Waals surface area contributed by atoms with E-state index in [4.69, 9.17) is 0 Å². The maximum atomic E-state index is 12.5. The molecule has 1 aliphatic heterocycles. The highest BCUT2D eigenvalue weighted by atomic mass is 32.2. The summed E-state index contributed by atoms with van der Waals surface area (Å²) >= 11 is 1.48. The summed E-state index contributed by atoms with van der Waals surface area (Å²) in [6.45, 7) is 1.76. The van der Waals surface area contributed by atoms with E-state index in [1.807, 2.05) is 29.2 Å². The van der Waals surface area contributed by atoms with E-state index in [0.29, 0.717) is 17.4 Å². The molecule has 3 rings (SSSR count). The van der Waals surface area contributed by atoms with Crippen LogP contribution in [0.15, 0.2) is 29.2 Å². The molecular weight excluding hydrogens is 308 g/mol. The molecule has 2 fully saturated rings. The van der Waals surface area contributed by atoms with E-state index < -0.39 is 0 Å². The van der Waals surface area contributed by atoms with Gasteiger partial charge >= 0.3 is 0 Å². The van der Waals surface area contributed by atoms with Crippen molar-refractivity contribution in [3.8, 4) is 0 Å². The van der Waals surface area contributed by atoms with Crippen molar-refractivity contribution in [1.82, 2.24) is 10.2 Å². The first-order chi connectivity index (χ1) is 11.2. The summed E-state index contributed by atoms with van der Waals surface area (Å²) in [5.41, 5.74) is 0.693. The largest absolute Gasteiger partial charge is 0.349 e. The van der Waals surface area contributed by atoms with E-state index >= 15 is 0 Å². The highest BCUT2D eigenvalue weighted by molar-refractivity contribution is 8.00. The lowest BCUT2D eigenvalue weighted by Gasteiger charge is -2.16. The summed E-state index contributed by atoms with van der Waals surface area (Å²) in [6, 6.07) is 7.91. The molecule has 1 saturated carbocycles. The molecule has 124 valence electrons. The molecule has 0 aromatic heterocycles. The molecule has 1 aromatic rings. The van der Waals surface area contributed by atoms with Crippen LogP contribution in [0.2, 0.25) is 0 Å². The van der Waals surface area contributed by atoms with Gasteiger partial charge in [0, 0.05) is 24.0 Å². The Morgan fingerprint density at radius 2 is 1.78 bits per heavy atom. The Bertz CT molecular complexity index is 564. The van der Waals surface area contributed by atoms with Crippen LogP contribution in [0, 0.1) is 0 Å². The fraction of sp³-hybridized carbons (Fsp3) is 0.556. The minimum atomic E-state index is -0.00591. The number of amides is 2. The number of nitrogens with zero attached hydrogens (tertiary/aromatic N) is 1. The Hall–Kier alpha value is -1.49. The van der Waals surface area contributed by atoms with Gasteiger partial charge in [-0.1, -0.05) is 25.0 Å². The first-order valence-corrected chi connectivity index (χ1v) is 9.53. The fourth-order valence-corrected chi connectivity index (χ4v) is 4.26. The second kappa shape index (κ2) is 7.86. The van der Waals surface area contributed by atoms with Crippen LogP contribution < -0.4 is 5.32 Å². The Balaban J connectivity index is 1.60. The Morgan fingerprint density at radius 3 is 2.52 bits per heavy atom. The van der Waals surface area contributed by atoms with Crippen LogP contribution in [0.25, 0.3) is 0 Å². The third-order valence-electron chi connectivity index (χ3n) is 4.63. The fourth-order valence-electron chi connectivity index (χ4n) is 3.31. The van der Waals surface area contributed by atoms with Gasteiger partial charge < -0.3 is 10.2 Å². The van der Waals surface area contributed by atoms with Crippen LogP contribution in [-0.4, -0.2) is 41.6 Å². The number of hydrogen-bond donors (Lipinski definition) is 1. The third-order valence-corrected chi connectivity index (χ3v) is 5.69. The maximum Gasteiger partial charge on any atom is 0.252 e. The predicted molar refractivity (Wildman–Crippen MR) is 92.7 cm³/mol. The lowest BCUT2D eigenvalue weighted by atomic mass is 10.2. The van der Waals surface area contributed by atoms with E-state index in [1.165, 1.54) is 24.6 Å². The average Bonchev–Trinajstić information content (AvgIpc) is 3.26. The minimum Gasteiger partial charge on any atom is -0.349 e. The molecule has 2 aliphatic rings. The Kier molecular flexibility index (Phi) is 5.60. The number of hydrogen-bond acceptors (Lipinski definition) is 3. The van der Waals surface area contributed by atoms with Gasteiger partial charge in [0.2, 0.25) is 5.91 Å². The van der Waals surface area contributed by atoms with Crippen molar-refractivity contribution in [2.75, 3.05) is 18.8 Å². The molecule has 2 amide bonds. The first kappa shape index (κ1) is 16.4. The minimum absolute atomic E-state index is 0.00591. The van der Waals surface area contributed by atoms with Crippen LogP contribution in [0.5, 0.6) is 0 Å². The van der Waals surface area contributed by atoms with Crippen molar-refractivity contribution >= 4 is 23.6 Å². The van der Waals surface area contributed by atoms with Gasteiger partial charge in [0.15, 0.2) is 0 Å². The number of nitrogens with one attached hydrogen (secondary N) is 1. The molecule has 0 spiro atoms. The number of carbonyl (C=O) groups is 2. The summed E-state index contributed by atoms with van der Waals surface area (Å²) in [5.74, 6) is 0.584. The van der Waals surface area contributed by atoms with Crippen molar-refractivity contribution in [3.05, 3.63) is 29.8 Å². The van der Waals surface area contributed by atoms with Gasteiger partial charge in [-0.25, -0.2) is 0 Å². The molecule has 0 unspecified atom stereocenters. The van der Waals surface area contributed by atoms with Gasteiger partial charge in [0.1, 0.15) is 0 Å². The van der Waals surface area contributed by atoms with Gasteiger partial charge in [-0.05, 0) is 37.8 Å². The van der Waals surface area contributed by atoms with Crippen molar-refractivity contribution in [2.45, 2.75) is 49.5 Å². The quantitative estimate of drug-likeness (QED) is 0.843. The molecule has 23 heavy (non-hydrogen) atoms. The molecule has 5 heteroatoms. The molecule has 1 aromatic carbocycles. The second-order valence-electron chi connectivity index (χ2n) is 6.33. The van der Waals surface area contributed by atoms with Crippen molar-refractivity contribution in [2.24, 2.45) is 0 Å². The molecule has 4 nitrogen and oxygen atoms in total. The van der Waals surface area contributed by atoms with Gasteiger partial charge in [-0.15, -0.1) is 11.8 Å². The average molecular weight is 332 g/mol. The molecular formula is C18H24N2O2S. The second-order valence-corrected chi connectivity index (χ2v) is 7.34. The number of likely N-dealkylation sites (tertiary alicyclic amines) is 1. The highest BCUT2D eigenvalue weighted by Gasteiger charge is 2.21. The lowest BCUT2D eigenvalue weighted by molar-refractivity contribution is -0.127. The molecule has 1 saturated heterocycles. The number of rotatable bonds is 5. The van der Waals surface area contributed by atoms with Gasteiger partial charge in [0.25, 0.3) is 5.91 Å². The molecule has 1 heterocycles. The monoisotopic (exact) mass is 332 g/mol. The van der Waals surface area contributed by atoms with Gasteiger partial charge in [-0.3, -0.25) is 9.59 Å². The van der Waals surface area contributed by atoms with Gasteiger partial charge in [0.05, 0.1) is 11.3 Å². The first-order valence-electron chi connectivity index (χ1n) is 8.54. The van der Waals surface area contributed by atoms with E-state index in [1.54, 1.807) is 0 Å². The maximum absolute atomic E-state index is 12.5. The number of carbonyl (C=O) groups excluding carboxylic acids is 2. The zero-order valence-electron chi connectivity index (χ0n) is 13.4. The van der Waals surface area contributed by atoms with Gasteiger partial charge in [-0.2, -0.15) is 0 Å². The summed E-state index contributed by atoms with van der Waals surface area (Å²) in [4.78, 5) is 27.5. The van der Waals surface area contributed by atoms with Crippen molar-refractivity contribution in [3.63, 3.8) is 0 Å². The third kappa shape index (κ3) is 4.28. The van der Waals surface area contributed by atoms with Crippen LogP contribution in [0.1, 0.15) is 48.9 Å². The van der Waals surface area contributed by atoms with Crippen molar-refractivity contribution < 1.29 is 9.59 Å². The molecule has 0 atom stereocenters. The zero-order valence-corrected chi connectivity index (χ0v) is 14.2. The Labute approximate surface area is 142 Å². The summed E-state index contributed by atoms with van der Waals surface area (Å²) in [5, 5.41) is 3.13. The lowest BCUT2D eigenvalue weighted by Crippen LogP contribution is -2.33. The molecule has 1 N–H and O–H groups in total. The van der Waals surface area contributed by atoms with E-state index in [0.717, 1.165) is 43.7 Å². The Morgan fingerprint density at radius 1 is 1.09 bits per heavy atom. The molecule has 1 aliphatic carbocycles. The predicted octanol–water partition coefficient (Wildman–Crippen LogP) is 3.07. The van der Waals surface area contributed by atoms with Crippen molar-refractivity contribution in [1.29, 1.82) is 0 Å². The smallest absolute Gasteiger partial charge is 0.252 e.